The second-order valence-electron chi connectivity index (χ2n) is 5.21. The zero-order valence-electron chi connectivity index (χ0n) is 12.8. The molecule has 0 aliphatic carbocycles. The predicted octanol–water partition coefficient (Wildman–Crippen LogP) is 4.19. The van der Waals surface area contributed by atoms with Gasteiger partial charge in [0.2, 0.25) is 0 Å². The van der Waals surface area contributed by atoms with Crippen molar-refractivity contribution in [3.05, 3.63) is 75.7 Å². The Kier molecular flexibility index (Phi) is 4.83. The highest BCUT2D eigenvalue weighted by Gasteiger charge is 2.20. The smallest absolute Gasteiger partial charge is 0.261 e. The molecule has 0 unspecified atom stereocenters. The maximum atomic E-state index is 12.5. The molecule has 0 radical (unpaired) electrons. The molecule has 3 aromatic rings. The van der Waals surface area contributed by atoms with Gasteiger partial charge in [-0.15, -0.1) is 0 Å². The molecule has 2 heterocycles. The number of pyridine rings is 1. The van der Waals surface area contributed by atoms with Crippen molar-refractivity contribution < 1.29 is 4.79 Å². The van der Waals surface area contributed by atoms with Crippen molar-refractivity contribution in [2.45, 2.75) is 13.5 Å². The number of anilines is 1. The second kappa shape index (κ2) is 7.03. The van der Waals surface area contributed by atoms with Crippen molar-refractivity contribution in [2.24, 2.45) is 0 Å². The van der Waals surface area contributed by atoms with Crippen molar-refractivity contribution in [2.75, 3.05) is 5.32 Å². The lowest BCUT2D eigenvalue weighted by atomic mass is 10.2. The highest BCUT2D eigenvalue weighted by Crippen LogP contribution is 2.22. The van der Waals surface area contributed by atoms with E-state index in [0.29, 0.717) is 33.8 Å². The highest BCUT2D eigenvalue weighted by molar-refractivity contribution is 6.33. The molecule has 1 aromatic carbocycles. The van der Waals surface area contributed by atoms with Crippen LogP contribution in [0.5, 0.6) is 0 Å². The third-order valence-electron chi connectivity index (χ3n) is 3.44. The van der Waals surface area contributed by atoms with Crippen LogP contribution in [0.25, 0.3) is 0 Å². The topological polar surface area (TPSA) is 59.8 Å². The van der Waals surface area contributed by atoms with Crippen LogP contribution in [-0.2, 0) is 6.54 Å². The van der Waals surface area contributed by atoms with E-state index < -0.39 is 0 Å². The Morgan fingerprint density at radius 2 is 1.92 bits per heavy atom. The zero-order chi connectivity index (χ0) is 17.1. The van der Waals surface area contributed by atoms with E-state index in [1.807, 2.05) is 30.3 Å². The minimum absolute atomic E-state index is 0.294. The fourth-order valence-corrected chi connectivity index (χ4v) is 2.73. The summed E-state index contributed by atoms with van der Waals surface area (Å²) in [6, 6.07) is 13.1. The Balaban J connectivity index is 1.83. The van der Waals surface area contributed by atoms with Crippen LogP contribution in [0.2, 0.25) is 10.2 Å². The fraction of sp³-hybridized carbons (Fsp3) is 0.118. The first-order valence-electron chi connectivity index (χ1n) is 7.24. The van der Waals surface area contributed by atoms with Gasteiger partial charge >= 0.3 is 0 Å². The van der Waals surface area contributed by atoms with Crippen molar-refractivity contribution in [3.8, 4) is 0 Å². The van der Waals surface area contributed by atoms with E-state index in [4.69, 9.17) is 23.2 Å². The molecular formula is C17H14Cl2N4O. The van der Waals surface area contributed by atoms with Crippen LogP contribution in [0.15, 0.2) is 48.7 Å². The number of halogens is 2. The van der Waals surface area contributed by atoms with Crippen LogP contribution in [-0.4, -0.2) is 20.7 Å². The van der Waals surface area contributed by atoms with Crippen LogP contribution in [0, 0.1) is 6.92 Å². The van der Waals surface area contributed by atoms with Crippen LogP contribution in [0.4, 0.5) is 5.82 Å². The summed E-state index contributed by atoms with van der Waals surface area (Å²) in [6.07, 6.45) is 1.46. The van der Waals surface area contributed by atoms with Crippen molar-refractivity contribution >= 4 is 34.9 Å². The summed E-state index contributed by atoms with van der Waals surface area (Å²) < 4.78 is 1.61. The standard InChI is InChI=1S/C17H14Cl2N4O/c1-11-15(17(24)21-14-8-7-13(18)9-20-14)16(19)23(22-11)10-12-5-3-2-4-6-12/h2-9H,10H2,1H3,(H,20,21,24). The van der Waals surface area contributed by atoms with E-state index in [-0.39, 0.29) is 5.91 Å². The normalized spacial score (nSPS) is 10.6. The Morgan fingerprint density at radius 1 is 1.17 bits per heavy atom. The largest absolute Gasteiger partial charge is 0.306 e. The number of hydrogen-bond acceptors (Lipinski definition) is 3. The fourth-order valence-electron chi connectivity index (χ4n) is 2.30. The van der Waals surface area contributed by atoms with Gasteiger partial charge in [0.25, 0.3) is 5.91 Å². The quantitative estimate of drug-likeness (QED) is 0.758. The molecule has 1 N–H and O–H groups in total. The van der Waals surface area contributed by atoms with Crippen molar-refractivity contribution in [1.82, 2.24) is 14.8 Å². The number of aromatic nitrogens is 3. The number of amides is 1. The number of nitrogens with zero attached hydrogens (tertiary/aromatic N) is 3. The van der Waals surface area contributed by atoms with Gasteiger partial charge < -0.3 is 5.32 Å². The van der Waals surface area contributed by atoms with E-state index in [1.165, 1.54) is 6.20 Å². The molecule has 24 heavy (non-hydrogen) atoms. The summed E-state index contributed by atoms with van der Waals surface area (Å²) in [5.41, 5.74) is 1.94. The molecule has 0 spiro atoms. The molecule has 0 bridgehead atoms. The summed E-state index contributed by atoms with van der Waals surface area (Å²) in [7, 11) is 0. The lowest BCUT2D eigenvalue weighted by molar-refractivity contribution is 0.102. The van der Waals surface area contributed by atoms with Crippen LogP contribution >= 0.6 is 23.2 Å². The van der Waals surface area contributed by atoms with Gasteiger partial charge in [0, 0.05) is 6.20 Å². The summed E-state index contributed by atoms with van der Waals surface area (Å²) in [5.74, 6) is 0.0438. The molecule has 3 rings (SSSR count). The number of nitrogens with one attached hydrogen (secondary N) is 1. The minimum Gasteiger partial charge on any atom is -0.306 e. The van der Waals surface area contributed by atoms with Gasteiger partial charge in [0.05, 0.1) is 22.8 Å². The first-order chi connectivity index (χ1) is 11.5. The third-order valence-corrected chi connectivity index (χ3v) is 4.04. The summed E-state index contributed by atoms with van der Waals surface area (Å²) in [4.78, 5) is 16.5. The molecule has 1 amide bonds. The van der Waals surface area contributed by atoms with Crippen molar-refractivity contribution in [1.29, 1.82) is 0 Å². The molecule has 0 atom stereocenters. The molecule has 0 aliphatic rings. The number of aryl methyl sites for hydroxylation is 1. The molecule has 122 valence electrons. The first kappa shape index (κ1) is 16.5. The number of carbonyl (C=O) groups excluding carboxylic acids is 1. The Labute approximate surface area is 149 Å². The monoisotopic (exact) mass is 360 g/mol. The number of rotatable bonds is 4. The maximum absolute atomic E-state index is 12.5. The van der Waals surface area contributed by atoms with Gasteiger partial charge in [-0.2, -0.15) is 5.10 Å². The minimum atomic E-state index is -0.355. The molecular weight excluding hydrogens is 347 g/mol. The Morgan fingerprint density at radius 3 is 2.58 bits per heavy atom. The van der Waals surface area contributed by atoms with E-state index in [1.54, 1.807) is 23.7 Å². The van der Waals surface area contributed by atoms with E-state index in [2.05, 4.69) is 15.4 Å². The summed E-state index contributed by atoms with van der Waals surface area (Å²) in [6.45, 7) is 2.24. The summed E-state index contributed by atoms with van der Waals surface area (Å²) in [5, 5.41) is 7.85. The second-order valence-corrected chi connectivity index (χ2v) is 6.00. The molecule has 7 heteroatoms. The number of hydrogen-bond donors (Lipinski definition) is 1. The van der Waals surface area contributed by atoms with Crippen LogP contribution < -0.4 is 5.32 Å². The van der Waals surface area contributed by atoms with E-state index in [9.17, 15) is 4.79 Å². The third kappa shape index (κ3) is 3.58. The van der Waals surface area contributed by atoms with Gasteiger partial charge in [0.15, 0.2) is 0 Å². The SMILES string of the molecule is Cc1nn(Cc2ccccc2)c(Cl)c1C(=O)Nc1ccc(Cl)cn1. The zero-order valence-corrected chi connectivity index (χ0v) is 14.3. The van der Waals surface area contributed by atoms with E-state index in [0.717, 1.165) is 5.56 Å². The first-order valence-corrected chi connectivity index (χ1v) is 8.00. The lowest BCUT2D eigenvalue weighted by Gasteiger charge is -2.05. The Hall–Kier alpha value is -2.37. The molecule has 0 saturated heterocycles. The highest BCUT2D eigenvalue weighted by atomic mass is 35.5. The molecule has 5 nitrogen and oxygen atoms in total. The maximum Gasteiger partial charge on any atom is 0.261 e. The average molecular weight is 361 g/mol. The van der Waals surface area contributed by atoms with Gasteiger partial charge in [0.1, 0.15) is 11.0 Å². The molecule has 0 fully saturated rings. The van der Waals surface area contributed by atoms with Crippen molar-refractivity contribution in [3.63, 3.8) is 0 Å². The number of benzene rings is 1. The molecule has 2 aromatic heterocycles. The summed E-state index contributed by atoms with van der Waals surface area (Å²) >= 11 is 12.2. The number of carbonyl (C=O) groups is 1. The van der Waals surface area contributed by atoms with E-state index >= 15 is 0 Å². The van der Waals surface area contributed by atoms with Crippen LogP contribution in [0.1, 0.15) is 21.6 Å². The predicted molar refractivity (Wildman–Crippen MR) is 94.7 cm³/mol. The van der Waals surface area contributed by atoms with Gasteiger partial charge in [-0.25, -0.2) is 9.67 Å². The lowest BCUT2D eigenvalue weighted by Crippen LogP contribution is -2.14. The van der Waals surface area contributed by atoms with Gasteiger partial charge in [-0.1, -0.05) is 53.5 Å². The van der Waals surface area contributed by atoms with Gasteiger partial charge in [-0.3, -0.25) is 4.79 Å². The van der Waals surface area contributed by atoms with Crippen LogP contribution in [0.3, 0.4) is 0 Å². The van der Waals surface area contributed by atoms with Gasteiger partial charge in [-0.05, 0) is 24.6 Å². The molecule has 0 aliphatic heterocycles. The molecule has 0 saturated carbocycles. The average Bonchev–Trinajstić information content (AvgIpc) is 2.84. The Bertz CT molecular complexity index is 860.